The average Bonchev–Trinajstić information content (AvgIpc) is 3.11. The number of piperidine rings is 1. The molecule has 1 N–H and O–H groups in total. The largest absolute Gasteiger partial charge is 0.492 e. The molecule has 0 saturated carbocycles. The smallest absolute Gasteiger partial charge is 0.229 e. The minimum Gasteiger partial charge on any atom is -0.492 e. The second kappa shape index (κ2) is 7.83. The van der Waals surface area contributed by atoms with Crippen molar-refractivity contribution >= 4 is 29.2 Å². The van der Waals surface area contributed by atoms with E-state index in [-0.39, 0.29) is 23.7 Å². The van der Waals surface area contributed by atoms with Crippen molar-refractivity contribution in [2.75, 3.05) is 25.0 Å². The second-order valence-electron chi connectivity index (χ2n) is 7.38. The predicted molar refractivity (Wildman–Crippen MR) is 103 cm³/mol. The van der Waals surface area contributed by atoms with Crippen LogP contribution in [-0.4, -0.2) is 41.6 Å². The van der Waals surface area contributed by atoms with Crippen LogP contribution in [0, 0.1) is 18.8 Å². The number of likely N-dealkylation sites (tertiary alicyclic amines) is 1. The highest BCUT2D eigenvalue weighted by molar-refractivity contribution is 6.30. The van der Waals surface area contributed by atoms with Gasteiger partial charge >= 0.3 is 0 Å². The summed E-state index contributed by atoms with van der Waals surface area (Å²) in [5, 5.41) is 7.20. The number of nitrogens with zero attached hydrogens (tertiary/aromatic N) is 2. The molecule has 0 spiro atoms. The van der Waals surface area contributed by atoms with Crippen LogP contribution in [0.3, 0.4) is 0 Å². The number of carbonyl (C=O) groups is 2. The maximum atomic E-state index is 12.9. The van der Waals surface area contributed by atoms with Gasteiger partial charge in [0.05, 0.1) is 5.92 Å². The van der Waals surface area contributed by atoms with Gasteiger partial charge < -0.3 is 19.5 Å². The first-order chi connectivity index (χ1) is 13.5. The van der Waals surface area contributed by atoms with Crippen LogP contribution in [-0.2, 0) is 16.0 Å². The van der Waals surface area contributed by atoms with Crippen LogP contribution in [0.25, 0.3) is 0 Å². The fourth-order valence-electron chi connectivity index (χ4n) is 3.80. The molecule has 0 bridgehead atoms. The van der Waals surface area contributed by atoms with Gasteiger partial charge in [0.2, 0.25) is 11.8 Å². The monoisotopic (exact) mass is 403 g/mol. The zero-order valence-corrected chi connectivity index (χ0v) is 16.4. The van der Waals surface area contributed by atoms with Crippen molar-refractivity contribution in [2.45, 2.75) is 26.2 Å². The summed E-state index contributed by atoms with van der Waals surface area (Å²) in [7, 11) is 0. The Morgan fingerprint density at radius 3 is 2.71 bits per heavy atom. The summed E-state index contributed by atoms with van der Waals surface area (Å²) in [6, 6.07) is 7.18. The molecule has 0 aliphatic carbocycles. The van der Waals surface area contributed by atoms with Crippen LogP contribution >= 0.6 is 11.6 Å². The third-order valence-electron chi connectivity index (χ3n) is 5.33. The number of hydrogen-bond acceptors (Lipinski definition) is 5. The van der Waals surface area contributed by atoms with E-state index >= 15 is 0 Å². The number of fused-ring (bicyclic) bond motifs is 1. The number of amides is 2. The van der Waals surface area contributed by atoms with E-state index in [2.05, 4.69) is 10.5 Å². The molecule has 3 heterocycles. The molecule has 2 amide bonds. The molecular weight excluding hydrogens is 382 g/mol. The van der Waals surface area contributed by atoms with Gasteiger partial charge in [-0.25, -0.2) is 0 Å². The molecule has 4 rings (SSSR count). The van der Waals surface area contributed by atoms with E-state index in [0.29, 0.717) is 55.6 Å². The van der Waals surface area contributed by atoms with Crippen LogP contribution < -0.4 is 10.1 Å². The first kappa shape index (κ1) is 18.8. The van der Waals surface area contributed by atoms with Crippen molar-refractivity contribution in [1.82, 2.24) is 10.1 Å². The zero-order valence-electron chi connectivity index (χ0n) is 15.6. The highest BCUT2D eigenvalue weighted by Gasteiger charge is 2.33. The number of nitrogens with one attached hydrogen (secondary N) is 1. The summed E-state index contributed by atoms with van der Waals surface area (Å²) < 4.78 is 10.7. The minimum atomic E-state index is -0.213. The van der Waals surface area contributed by atoms with Crippen LogP contribution in [0.5, 0.6) is 5.75 Å². The molecule has 2 aromatic rings. The average molecular weight is 404 g/mol. The summed E-state index contributed by atoms with van der Waals surface area (Å²) in [6.45, 7) is 3.27. The maximum Gasteiger partial charge on any atom is 0.229 e. The van der Waals surface area contributed by atoms with Crippen molar-refractivity contribution in [2.24, 2.45) is 11.8 Å². The number of hydrogen-bond donors (Lipinski definition) is 1. The van der Waals surface area contributed by atoms with E-state index < -0.39 is 0 Å². The lowest BCUT2D eigenvalue weighted by molar-refractivity contribution is -0.139. The van der Waals surface area contributed by atoms with Crippen LogP contribution in [0.2, 0.25) is 5.02 Å². The lowest BCUT2D eigenvalue weighted by Crippen LogP contribution is -2.46. The van der Waals surface area contributed by atoms with Gasteiger partial charge in [-0.2, -0.15) is 0 Å². The van der Waals surface area contributed by atoms with Crippen molar-refractivity contribution in [3.05, 3.63) is 40.6 Å². The predicted octanol–water partition coefficient (Wildman–Crippen LogP) is 3.06. The molecule has 7 nitrogen and oxygen atoms in total. The van der Waals surface area contributed by atoms with Gasteiger partial charge in [0.1, 0.15) is 18.1 Å². The first-order valence-electron chi connectivity index (χ1n) is 9.44. The molecule has 8 heteroatoms. The Kier molecular flexibility index (Phi) is 5.26. The summed E-state index contributed by atoms with van der Waals surface area (Å²) in [5.74, 6) is 1.53. The van der Waals surface area contributed by atoms with E-state index in [0.717, 1.165) is 11.3 Å². The van der Waals surface area contributed by atoms with Gasteiger partial charge in [-0.1, -0.05) is 16.8 Å². The molecule has 1 aromatic heterocycles. The third-order valence-corrected chi connectivity index (χ3v) is 5.57. The standard InChI is InChI=1S/C20H22ClN3O4/c1-12-8-18(23-28-12)22-19(25)13-4-6-24(7-5-13)20(26)15-9-14-10-16(21)2-3-17(14)27-11-15/h2-3,8,10,13,15H,4-7,9,11H2,1H3,(H,22,23,25). The number of aryl methyl sites for hydroxylation is 1. The highest BCUT2D eigenvalue weighted by atomic mass is 35.5. The fourth-order valence-corrected chi connectivity index (χ4v) is 3.99. The Morgan fingerprint density at radius 1 is 1.21 bits per heavy atom. The summed E-state index contributed by atoms with van der Waals surface area (Å²) in [6.07, 6.45) is 1.88. The first-order valence-corrected chi connectivity index (χ1v) is 9.81. The number of aromatic nitrogens is 1. The van der Waals surface area contributed by atoms with Gasteiger partial charge in [-0.05, 0) is 49.9 Å². The molecule has 1 atom stereocenters. The maximum absolute atomic E-state index is 12.9. The van der Waals surface area contributed by atoms with Crippen molar-refractivity contribution in [3.8, 4) is 5.75 Å². The Balaban J connectivity index is 1.31. The summed E-state index contributed by atoms with van der Waals surface area (Å²) >= 11 is 6.06. The summed E-state index contributed by atoms with van der Waals surface area (Å²) in [5.41, 5.74) is 0.967. The molecule has 1 saturated heterocycles. The molecule has 1 fully saturated rings. The second-order valence-corrected chi connectivity index (χ2v) is 7.81. The van der Waals surface area contributed by atoms with Crippen LogP contribution in [0.1, 0.15) is 24.2 Å². The number of carbonyl (C=O) groups excluding carboxylic acids is 2. The molecule has 28 heavy (non-hydrogen) atoms. The van der Waals surface area contributed by atoms with Gasteiger partial charge in [-0.15, -0.1) is 0 Å². The zero-order chi connectivity index (χ0) is 19.7. The van der Waals surface area contributed by atoms with E-state index in [9.17, 15) is 9.59 Å². The molecular formula is C20H22ClN3O4. The molecule has 0 radical (unpaired) electrons. The molecule has 148 valence electrons. The van der Waals surface area contributed by atoms with Crippen LogP contribution in [0.4, 0.5) is 5.82 Å². The Hall–Kier alpha value is -2.54. The van der Waals surface area contributed by atoms with Crippen LogP contribution in [0.15, 0.2) is 28.8 Å². The van der Waals surface area contributed by atoms with Gasteiger partial charge in [-0.3, -0.25) is 9.59 Å². The topological polar surface area (TPSA) is 84.7 Å². The molecule has 1 unspecified atom stereocenters. The number of anilines is 1. The number of ether oxygens (including phenoxy) is 1. The summed E-state index contributed by atoms with van der Waals surface area (Å²) in [4.78, 5) is 27.1. The van der Waals surface area contributed by atoms with Crippen molar-refractivity contribution in [1.29, 1.82) is 0 Å². The molecule has 1 aromatic carbocycles. The van der Waals surface area contributed by atoms with E-state index in [4.69, 9.17) is 20.9 Å². The van der Waals surface area contributed by atoms with Gasteiger partial charge in [0, 0.05) is 30.1 Å². The van der Waals surface area contributed by atoms with Crippen molar-refractivity contribution < 1.29 is 18.8 Å². The lowest BCUT2D eigenvalue weighted by Gasteiger charge is -2.35. The number of rotatable bonds is 3. The molecule has 2 aliphatic rings. The molecule has 2 aliphatic heterocycles. The Bertz CT molecular complexity index is 889. The highest BCUT2D eigenvalue weighted by Crippen LogP contribution is 2.31. The number of benzene rings is 1. The van der Waals surface area contributed by atoms with Crippen molar-refractivity contribution in [3.63, 3.8) is 0 Å². The van der Waals surface area contributed by atoms with E-state index in [1.165, 1.54) is 0 Å². The van der Waals surface area contributed by atoms with E-state index in [1.54, 1.807) is 19.1 Å². The number of halogens is 1. The van der Waals surface area contributed by atoms with E-state index in [1.807, 2.05) is 17.0 Å². The quantitative estimate of drug-likeness (QED) is 0.851. The van der Waals surface area contributed by atoms with Gasteiger partial charge in [0.15, 0.2) is 5.82 Å². The third kappa shape index (κ3) is 3.99. The lowest BCUT2D eigenvalue weighted by atomic mass is 9.92. The normalized spacial score (nSPS) is 19.6. The Morgan fingerprint density at radius 2 is 2.00 bits per heavy atom. The van der Waals surface area contributed by atoms with Gasteiger partial charge in [0.25, 0.3) is 0 Å². The Labute approximate surface area is 168 Å². The minimum absolute atomic E-state index is 0.0787. The fraction of sp³-hybridized carbons (Fsp3) is 0.450. The SMILES string of the molecule is Cc1cc(NC(=O)C2CCN(C(=O)C3COc4ccc(Cl)cc4C3)CC2)no1.